The summed E-state index contributed by atoms with van der Waals surface area (Å²) in [5.41, 5.74) is 0.919. The third-order valence-electron chi connectivity index (χ3n) is 10.7. The van der Waals surface area contributed by atoms with E-state index in [1.165, 1.54) is 0 Å². The average Bonchev–Trinajstić information content (AvgIpc) is 3.80. The molecule has 2 aromatic carbocycles. The number of amides is 1. The van der Waals surface area contributed by atoms with Gasteiger partial charge in [0.2, 0.25) is 5.91 Å². The van der Waals surface area contributed by atoms with Gasteiger partial charge < -0.3 is 19.9 Å². The molecule has 4 saturated heterocycles. The van der Waals surface area contributed by atoms with Gasteiger partial charge >= 0.3 is 6.01 Å². The van der Waals surface area contributed by atoms with Gasteiger partial charge in [0.1, 0.15) is 23.6 Å². The van der Waals surface area contributed by atoms with Gasteiger partial charge in [-0.15, -0.1) is 0 Å². The fourth-order valence-electron chi connectivity index (χ4n) is 7.91. The molecule has 0 aliphatic carbocycles. The van der Waals surface area contributed by atoms with Crippen LogP contribution in [0.1, 0.15) is 38.5 Å². The molecule has 47 heavy (non-hydrogen) atoms. The first-order chi connectivity index (χ1) is 22.9. The Kier molecular flexibility index (Phi) is 7.98. The molecule has 4 aliphatic rings. The Balaban J connectivity index is 1.16. The molecular formula is C36H39ClFN7O2. The zero-order chi connectivity index (χ0) is 32.1. The molecule has 9 nitrogen and oxygen atoms in total. The summed E-state index contributed by atoms with van der Waals surface area (Å²) >= 11 is 6.63. The average molecular weight is 656 g/mol. The number of halogens is 2. The number of hydrogen-bond acceptors (Lipinski definition) is 8. The Labute approximate surface area is 278 Å². The number of anilines is 1. The molecule has 244 valence electrons. The predicted molar refractivity (Wildman–Crippen MR) is 182 cm³/mol. The van der Waals surface area contributed by atoms with Crippen LogP contribution in [0, 0.1) is 5.82 Å². The molecule has 2 atom stereocenters. The molecule has 0 saturated carbocycles. The molecule has 4 aromatic rings. The van der Waals surface area contributed by atoms with Crippen molar-refractivity contribution in [1.82, 2.24) is 30.1 Å². The standard InChI is InChI=1S/C36H39ClFN7O2/c1-43(25-13-19-44(21-25)29(46)11-10-24-12-16-39-24)34-27-20-40-32(26-8-2-6-23-7-3-9-28(37)30(23)26)31(38)33(27)41-35(42-34)47-22-36-14-4-17-45(36)18-5-15-36/h2-3,6-11,20,24-25,39H,4-5,12-19,21-22H2,1H3/b11-10+. The van der Waals surface area contributed by atoms with Crippen LogP contribution < -0.4 is 15.0 Å². The zero-order valence-electron chi connectivity index (χ0n) is 26.6. The Bertz CT molecular complexity index is 1870. The van der Waals surface area contributed by atoms with E-state index in [2.05, 4.69) is 15.2 Å². The lowest BCUT2D eigenvalue weighted by atomic mass is 9.95. The van der Waals surface area contributed by atoms with Crippen molar-refractivity contribution >= 4 is 45.0 Å². The predicted octanol–water partition coefficient (Wildman–Crippen LogP) is 5.60. The van der Waals surface area contributed by atoms with Crippen LogP contribution in [0.15, 0.2) is 54.7 Å². The van der Waals surface area contributed by atoms with Gasteiger partial charge in [0, 0.05) is 60.5 Å². The first-order valence-corrected chi connectivity index (χ1v) is 17.1. The highest BCUT2D eigenvalue weighted by molar-refractivity contribution is 6.36. The van der Waals surface area contributed by atoms with Crippen molar-refractivity contribution in [2.45, 2.75) is 56.1 Å². The molecule has 8 rings (SSSR count). The van der Waals surface area contributed by atoms with E-state index in [-0.39, 0.29) is 40.8 Å². The van der Waals surface area contributed by atoms with Gasteiger partial charge in [0.15, 0.2) is 5.82 Å². The highest BCUT2D eigenvalue weighted by Gasteiger charge is 2.45. The Hall–Kier alpha value is -3.86. The quantitative estimate of drug-likeness (QED) is 0.246. The molecule has 4 aliphatic heterocycles. The number of benzene rings is 2. The summed E-state index contributed by atoms with van der Waals surface area (Å²) in [6.07, 6.45) is 11.6. The van der Waals surface area contributed by atoms with Gasteiger partial charge in [-0.1, -0.05) is 48.0 Å². The van der Waals surface area contributed by atoms with E-state index in [4.69, 9.17) is 26.3 Å². The molecule has 0 radical (unpaired) electrons. The maximum Gasteiger partial charge on any atom is 0.319 e. The van der Waals surface area contributed by atoms with Crippen molar-refractivity contribution in [3.63, 3.8) is 0 Å². The first-order valence-electron chi connectivity index (χ1n) is 16.8. The molecule has 0 bridgehead atoms. The molecular weight excluding hydrogens is 617 g/mol. The summed E-state index contributed by atoms with van der Waals surface area (Å²) < 4.78 is 23.2. The summed E-state index contributed by atoms with van der Waals surface area (Å²) in [7, 11) is 1.95. The maximum absolute atomic E-state index is 16.8. The molecule has 6 heterocycles. The fraction of sp³-hybridized carbons (Fsp3) is 0.444. The monoisotopic (exact) mass is 655 g/mol. The topological polar surface area (TPSA) is 86.7 Å². The van der Waals surface area contributed by atoms with Crippen LogP contribution in [0.5, 0.6) is 6.01 Å². The number of fused-ring (bicyclic) bond motifs is 3. The van der Waals surface area contributed by atoms with Gasteiger partial charge in [-0.05, 0) is 69.6 Å². The summed E-state index contributed by atoms with van der Waals surface area (Å²) in [5.74, 6) is 0.00475. The van der Waals surface area contributed by atoms with Gasteiger partial charge in [-0.3, -0.25) is 14.7 Å². The number of likely N-dealkylation sites (tertiary alicyclic amines) is 1. The zero-order valence-corrected chi connectivity index (χ0v) is 27.3. The molecule has 2 aromatic heterocycles. The van der Waals surface area contributed by atoms with Crippen LogP contribution in [-0.2, 0) is 4.79 Å². The van der Waals surface area contributed by atoms with Gasteiger partial charge in [0.25, 0.3) is 0 Å². The third kappa shape index (κ3) is 5.50. The molecule has 1 N–H and O–H groups in total. The number of carbonyl (C=O) groups excluding carboxylic acids is 1. The van der Waals surface area contributed by atoms with E-state index in [1.807, 2.05) is 53.3 Å². The number of hydrogen-bond donors (Lipinski definition) is 1. The minimum atomic E-state index is -0.545. The van der Waals surface area contributed by atoms with Gasteiger partial charge in [-0.2, -0.15) is 9.97 Å². The highest BCUT2D eigenvalue weighted by Crippen LogP contribution is 2.40. The lowest BCUT2D eigenvalue weighted by Crippen LogP contribution is -2.43. The molecule has 4 fully saturated rings. The molecule has 11 heteroatoms. The normalized spacial score (nSPS) is 22.3. The highest BCUT2D eigenvalue weighted by atomic mass is 35.5. The van der Waals surface area contributed by atoms with Crippen molar-refractivity contribution in [2.75, 3.05) is 51.3 Å². The number of nitrogens with one attached hydrogen (secondary N) is 1. The second-order valence-electron chi connectivity index (χ2n) is 13.4. The maximum atomic E-state index is 16.8. The van der Waals surface area contributed by atoms with E-state index in [0.717, 1.165) is 68.9 Å². The van der Waals surface area contributed by atoms with Gasteiger partial charge in [0.05, 0.1) is 10.9 Å². The number of rotatable bonds is 8. The largest absolute Gasteiger partial charge is 0.461 e. The fourth-order valence-corrected chi connectivity index (χ4v) is 8.19. The number of ether oxygens (including phenoxy) is 1. The second-order valence-corrected chi connectivity index (χ2v) is 13.8. The smallest absolute Gasteiger partial charge is 0.319 e. The lowest BCUT2D eigenvalue weighted by Gasteiger charge is -2.31. The summed E-state index contributed by atoms with van der Waals surface area (Å²) in [6, 6.07) is 11.7. The third-order valence-corrected chi connectivity index (χ3v) is 11.0. The second kappa shape index (κ2) is 12.3. The Morgan fingerprint density at radius 2 is 1.94 bits per heavy atom. The Morgan fingerprint density at radius 3 is 2.70 bits per heavy atom. The van der Waals surface area contributed by atoms with Crippen LogP contribution in [0.2, 0.25) is 5.02 Å². The number of nitrogens with zero attached hydrogens (tertiary/aromatic N) is 6. The van der Waals surface area contributed by atoms with Crippen LogP contribution in [0.4, 0.5) is 10.2 Å². The van der Waals surface area contributed by atoms with E-state index in [0.29, 0.717) is 41.5 Å². The SMILES string of the molecule is CN(c1nc(OCC23CCCN2CCC3)nc2c(F)c(-c3cccc4cccc(Cl)c34)ncc12)C1CCN(C(=O)/C=C/C2CCN2)C1. The van der Waals surface area contributed by atoms with Crippen molar-refractivity contribution in [3.8, 4) is 17.3 Å². The van der Waals surface area contributed by atoms with Crippen molar-refractivity contribution in [1.29, 1.82) is 0 Å². The van der Waals surface area contributed by atoms with Crippen LogP contribution in [-0.4, -0.2) is 94.7 Å². The van der Waals surface area contributed by atoms with E-state index in [1.54, 1.807) is 18.3 Å². The number of aromatic nitrogens is 3. The van der Waals surface area contributed by atoms with Gasteiger partial charge in [-0.25, -0.2) is 4.39 Å². The summed E-state index contributed by atoms with van der Waals surface area (Å²) in [5, 5.41) is 5.96. The lowest BCUT2D eigenvalue weighted by molar-refractivity contribution is -0.125. The minimum Gasteiger partial charge on any atom is -0.461 e. The minimum absolute atomic E-state index is 0.00852. The number of pyridine rings is 1. The molecule has 2 unspecified atom stereocenters. The summed E-state index contributed by atoms with van der Waals surface area (Å²) in [6.45, 7) is 4.80. The Morgan fingerprint density at radius 1 is 1.15 bits per heavy atom. The van der Waals surface area contributed by atoms with E-state index >= 15 is 4.39 Å². The van der Waals surface area contributed by atoms with Crippen LogP contribution in [0.25, 0.3) is 32.9 Å². The first kappa shape index (κ1) is 30.5. The summed E-state index contributed by atoms with van der Waals surface area (Å²) in [4.78, 5) is 33.6. The molecule has 1 amide bonds. The van der Waals surface area contributed by atoms with Crippen LogP contribution >= 0.6 is 11.6 Å². The molecule has 0 spiro atoms. The van der Waals surface area contributed by atoms with E-state index in [9.17, 15) is 4.79 Å². The van der Waals surface area contributed by atoms with Crippen molar-refractivity contribution < 1.29 is 13.9 Å². The number of likely N-dealkylation sites (N-methyl/N-ethyl adjacent to an activating group) is 1. The van der Waals surface area contributed by atoms with E-state index < -0.39 is 5.82 Å². The van der Waals surface area contributed by atoms with Crippen molar-refractivity contribution in [2.24, 2.45) is 0 Å². The van der Waals surface area contributed by atoms with Crippen molar-refractivity contribution in [3.05, 3.63) is 65.6 Å². The number of carbonyl (C=O) groups is 1. The van der Waals surface area contributed by atoms with Crippen LogP contribution in [0.3, 0.4) is 0 Å².